The first kappa shape index (κ1) is 18.5. The van der Waals surface area contributed by atoms with Crippen molar-refractivity contribution in [2.45, 2.75) is 90.0 Å². The second-order valence-corrected chi connectivity index (χ2v) is 7.52. The molecule has 2 heteroatoms. The van der Waals surface area contributed by atoms with E-state index in [0.29, 0.717) is 0 Å². The Morgan fingerprint density at radius 1 is 0.850 bits per heavy atom. The lowest BCUT2D eigenvalue weighted by molar-refractivity contribution is 0.161. The molecule has 0 unspecified atom stereocenters. The van der Waals surface area contributed by atoms with Crippen LogP contribution < -0.4 is 0 Å². The van der Waals surface area contributed by atoms with Gasteiger partial charge in [0.1, 0.15) is 0 Å². The number of halogens is 1. The molecular formula is C18H36BrN. The summed E-state index contributed by atoms with van der Waals surface area (Å²) in [5.74, 6) is 1.03. The molecule has 1 fully saturated rings. The molecule has 1 aliphatic rings. The van der Waals surface area contributed by atoms with Crippen LogP contribution in [0.2, 0.25) is 0 Å². The average Bonchev–Trinajstić information content (AvgIpc) is 2.50. The summed E-state index contributed by atoms with van der Waals surface area (Å²) in [6.45, 7) is 3.68. The highest BCUT2D eigenvalue weighted by molar-refractivity contribution is 9.09. The highest BCUT2D eigenvalue weighted by atomic mass is 79.9. The van der Waals surface area contributed by atoms with E-state index in [0.717, 1.165) is 12.0 Å². The Bertz CT molecular complexity index is 211. The summed E-state index contributed by atoms with van der Waals surface area (Å²) in [6, 6.07) is 0.886. The van der Waals surface area contributed by atoms with Crippen LogP contribution in [0.1, 0.15) is 84.0 Å². The van der Waals surface area contributed by atoms with Crippen molar-refractivity contribution in [3.05, 3.63) is 0 Å². The van der Waals surface area contributed by atoms with E-state index >= 15 is 0 Å². The Morgan fingerprint density at radius 2 is 1.40 bits per heavy atom. The van der Waals surface area contributed by atoms with Crippen LogP contribution in [-0.2, 0) is 0 Å². The van der Waals surface area contributed by atoms with Crippen molar-refractivity contribution in [2.75, 3.05) is 18.9 Å². The molecule has 120 valence electrons. The first-order valence-corrected chi connectivity index (χ1v) is 10.2. The van der Waals surface area contributed by atoms with Crippen molar-refractivity contribution in [3.63, 3.8) is 0 Å². The van der Waals surface area contributed by atoms with E-state index in [1.54, 1.807) is 0 Å². The van der Waals surface area contributed by atoms with E-state index in [2.05, 4.69) is 34.8 Å². The summed E-state index contributed by atoms with van der Waals surface area (Å²) >= 11 is 3.50. The summed E-state index contributed by atoms with van der Waals surface area (Å²) in [4.78, 5) is 2.65. The molecule has 0 aromatic carbocycles. The molecule has 0 amide bonds. The minimum absolute atomic E-state index is 0.886. The molecule has 0 bridgehead atoms. The summed E-state index contributed by atoms with van der Waals surface area (Å²) in [5.41, 5.74) is 0. The molecule has 1 saturated carbocycles. The fraction of sp³-hybridized carbons (Fsp3) is 1.00. The van der Waals surface area contributed by atoms with E-state index in [1.165, 1.54) is 88.9 Å². The predicted molar refractivity (Wildman–Crippen MR) is 94.8 cm³/mol. The van der Waals surface area contributed by atoms with E-state index < -0.39 is 0 Å². The molecule has 0 aromatic heterocycles. The van der Waals surface area contributed by atoms with Crippen LogP contribution in [0, 0.1) is 5.92 Å². The average molecular weight is 346 g/mol. The number of hydrogen-bond donors (Lipinski definition) is 0. The monoisotopic (exact) mass is 345 g/mol. The summed E-state index contributed by atoms with van der Waals surface area (Å²) in [6.07, 6.45) is 17.1. The maximum atomic E-state index is 3.50. The molecule has 20 heavy (non-hydrogen) atoms. The van der Waals surface area contributed by atoms with Crippen LogP contribution in [0.15, 0.2) is 0 Å². The lowest BCUT2D eigenvalue weighted by Crippen LogP contribution is -2.35. The fourth-order valence-corrected chi connectivity index (χ4v) is 3.91. The van der Waals surface area contributed by atoms with Crippen molar-refractivity contribution in [3.8, 4) is 0 Å². The Balaban J connectivity index is 1.94. The van der Waals surface area contributed by atoms with Gasteiger partial charge in [0.05, 0.1) is 0 Å². The van der Waals surface area contributed by atoms with Gasteiger partial charge in [0.25, 0.3) is 0 Å². The van der Waals surface area contributed by atoms with E-state index in [1.807, 2.05) is 0 Å². The summed E-state index contributed by atoms with van der Waals surface area (Å²) in [7, 11) is 2.35. The molecule has 0 saturated heterocycles. The zero-order valence-electron chi connectivity index (χ0n) is 13.9. The zero-order valence-corrected chi connectivity index (χ0v) is 15.5. The molecule has 1 aliphatic carbocycles. The molecule has 0 aliphatic heterocycles. The van der Waals surface area contributed by atoms with Gasteiger partial charge in [-0.25, -0.2) is 0 Å². The largest absolute Gasteiger partial charge is 0.303 e. The highest BCUT2D eigenvalue weighted by Crippen LogP contribution is 2.29. The van der Waals surface area contributed by atoms with Gasteiger partial charge in [-0.05, 0) is 58.0 Å². The minimum Gasteiger partial charge on any atom is -0.303 e. The first-order valence-electron chi connectivity index (χ1n) is 9.04. The molecule has 0 radical (unpaired) electrons. The van der Waals surface area contributed by atoms with Crippen LogP contribution in [0.4, 0.5) is 0 Å². The number of alkyl halides is 1. The van der Waals surface area contributed by atoms with Crippen molar-refractivity contribution < 1.29 is 0 Å². The Morgan fingerprint density at radius 3 is 1.95 bits per heavy atom. The molecular weight excluding hydrogens is 310 g/mol. The van der Waals surface area contributed by atoms with Crippen LogP contribution in [0.25, 0.3) is 0 Å². The van der Waals surface area contributed by atoms with E-state index in [-0.39, 0.29) is 0 Å². The van der Waals surface area contributed by atoms with Crippen molar-refractivity contribution in [1.29, 1.82) is 0 Å². The van der Waals surface area contributed by atoms with Crippen LogP contribution in [-0.4, -0.2) is 29.9 Å². The summed E-state index contributed by atoms with van der Waals surface area (Å²) in [5, 5.41) is 1.18. The summed E-state index contributed by atoms with van der Waals surface area (Å²) < 4.78 is 0. The molecule has 0 N–H and O–H groups in total. The lowest BCUT2D eigenvalue weighted by Gasteiger charge is -2.34. The quantitative estimate of drug-likeness (QED) is 0.327. The Labute approximate surface area is 136 Å². The second-order valence-electron chi connectivity index (χ2n) is 6.73. The standard InChI is InChI=1S/C18H36BrN/c1-3-17-11-13-18(14-12-17)20(2)16-10-8-6-4-5-7-9-15-19/h17-18H,3-16H2,1-2H3. The zero-order chi connectivity index (χ0) is 14.6. The van der Waals surface area contributed by atoms with Gasteiger partial charge in [-0.15, -0.1) is 0 Å². The van der Waals surface area contributed by atoms with E-state index in [9.17, 15) is 0 Å². The van der Waals surface area contributed by atoms with Gasteiger partial charge in [-0.1, -0.05) is 61.4 Å². The van der Waals surface area contributed by atoms with Crippen molar-refractivity contribution in [1.82, 2.24) is 4.90 Å². The highest BCUT2D eigenvalue weighted by Gasteiger charge is 2.22. The van der Waals surface area contributed by atoms with Gasteiger partial charge in [0.15, 0.2) is 0 Å². The molecule has 0 aromatic rings. The van der Waals surface area contributed by atoms with Gasteiger partial charge in [-0.3, -0.25) is 0 Å². The third kappa shape index (κ3) is 8.02. The van der Waals surface area contributed by atoms with Gasteiger partial charge >= 0.3 is 0 Å². The van der Waals surface area contributed by atoms with Crippen LogP contribution in [0.3, 0.4) is 0 Å². The maximum absolute atomic E-state index is 3.50. The molecule has 0 heterocycles. The van der Waals surface area contributed by atoms with Gasteiger partial charge < -0.3 is 4.90 Å². The number of unbranched alkanes of at least 4 members (excludes halogenated alkanes) is 6. The van der Waals surface area contributed by atoms with Gasteiger partial charge in [-0.2, -0.15) is 0 Å². The normalized spacial score (nSPS) is 23.4. The van der Waals surface area contributed by atoms with Crippen LogP contribution in [0.5, 0.6) is 0 Å². The minimum atomic E-state index is 0.886. The van der Waals surface area contributed by atoms with Crippen molar-refractivity contribution >= 4 is 15.9 Å². The maximum Gasteiger partial charge on any atom is 0.00924 e. The topological polar surface area (TPSA) is 3.24 Å². The molecule has 1 nitrogen and oxygen atoms in total. The van der Waals surface area contributed by atoms with Gasteiger partial charge in [0, 0.05) is 11.4 Å². The first-order chi connectivity index (χ1) is 9.77. The molecule has 0 atom stereocenters. The lowest BCUT2D eigenvalue weighted by atomic mass is 9.84. The fourth-order valence-electron chi connectivity index (χ4n) is 3.52. The molecule has 0 spiro atoms. The third-order valence-electron chi connectivity index (χ3n) is 5.16. The molecule has 1 rings (SSSR count). The number of rotatable bonds is 11. The van der Waals surface area contributed by atoms with Crippen molar-refractivity contribution in [2.24, 2.45) is 5.92 Å². The number of hydrogen-bond acceptors (Lipinski definition) is 1. The third-order valence-corrected chi connectivity index (χ3v) is 5.72. The van der Waals surface area contributed by atoms with Crippen LogP contribution >= 0.6 is 15.9 Å². The SMILES string of the molecule is CCC1CCC(N(C)CCCCCCCCCBr)CC1. The smallest absolute Gasteiger partial charge is 0.00924 e. The Hall–Kier alpha value is 0.440. The van der Waals surface area contributed by atoms with E-state index in [4.69, 9.17) is 0 Å². The number of nitrogens with zero attached hydrogens (tertiary/aromatic N) is 1. The Kier molecular flexibility index (Phi) is 11.1. The second kappa shape index (κ2) is 12.0. The predicted octanol–water partition coefficient (Wildman–Crippen LogP) is 6.01. The van der Waals surface area contributed by atoms with Gasteiger partial charge in [0.2, 0.25) is 0 Å².